The molecule has 0 fully saturated rings. The van der Waals surface area contributed by atoms with Crippen LogP contribution < -0.4 is 14.8 Å². The van der Waals surface area contributed by atoms with Gasteiger partial charge in [0.1, 0.15) is 9.84 Å². The predicted molar refractivity (Wildman–Crippen MR) is 113 cm³/mol. The molecule has 3 amide bonds. The fourth-order valence-electron chi connectivity index (χ4n) is 2.48. The van der Waals surface area contributed by atoms with E-state index in [1.54, 1.807) is 5.32 Å². The third kappa shape index (κ3) is 4.38. The summed E-state index contributed by atoms with van der Waals surface area (Å²) in [6.45, 7) is -3.56. The molecule has 1 atom stereocenters. The third-order valence-corrected chi connectivity index (χ3v) is 4.05. The van der Waals surface area contributed by atoms with Crippen LogP contribution in [-0.2, 0) is 14.6 Å². The van der Waals surface area contributed by atoms with Crippen LogP contribution in [0.3, 0.4) is 0 Å². The van der Waals surface area contributed by atoms with Crippen molar-refractivity contribution in [1.29, 1.82) is 0 Å². The number of fused-ring (bicyclic) bond motifs is 1. The molecule has 2 aromatic carbocycles. The quantitative estimate of drug-likeness (QED) is 0.619. The third-order valence-electron chi connectivity index (χ3n) is 3.59. The molecular weight excluding hydrogens is 424 g/mol. The Morgan fingerprint density at radius 1 is 1.23 bits per heavy atom. The normalized spacial score (nSPS) is 27.2. The van der Waals surface area contributed by atoms with Crippen molar-refractivity contribution in [2.24, 2.45) is 0 Å². The van der Waals surface area contributed by atoms with Crippen LogP contribution in [0.1, 0.15) is 67.9 Å². The highest BCUT2D eigenvalue weighted by Crippen LogP contribution is 2.38. The van der Waals surface area contributed by atoms with Crippen molar-refractivity contribution in [2.45, 2.75) is 12.9 Å². The van der Waals surface area contributed by atoms with E-state index in [0.717, 1.165) is 0 Å². The van der Waals surface area contributed by atoms with Gasteiger partial charge >= 0.3 is 0 Å². The summed E-state index contributed by atoms with van der Waals surface area (Å²) in [5, 5.41) is 1.56. The Bertz CT molecular complexity index is 2000. The van der Waals surface area contributed by atoms with E-state index < -0.39 is 141 Å². The summed E-state index contributed by atoms with van der Waals surface area (Å²) in [4.78, 5) is 39.8. The lowest BCUT2D eigenvalue weighted by Crippen LogP contribution is -2.37. The highest BCUT2D eigenvalue weighted by molar-refractivity contribution is 7.90. The van der Waals surface area contributed by atoms with E-state index in [1.807, 2.05) is 0 Å². The Morgan fingerprint density at radius 2 is 2.00 bits per heavy atom. The molecule has 164 valence electrons. The Hall–Kier alpha value is -3.40. The maximum absolute atomic E-state index is 14.2. The molecule has 1 aliphatic heterocycles. The van der Waals surface area contributed by atoms with Gasteiger partial charge in [0.2, 0.25) is 5.91 Å². The molecule has 0 spiro atoms. The molecule has 0 aliphatic carbocycles. The first-order valence-corrected chi connectivity index (χ1v) is 9.07. The molecule has 2 aromatic rings. The molecule has 10 heteroatoms. The second-order valence-electron chi connectivity index (χ2n) is 5.47. The number of amides is 3. The van der Waals surface area contributed by atoms with Crippen LogP contribution in [0.25, 0.3) is 0 Å². The number of carbonyl (C=O) groups excluding carboxylic acids is 3. The number of imide groups is 1. The molecule has 0 saturated carbocycles. The number of methoxy groups -OCH3 is 2. The van der Waals surface area contributed by atoms with Crippen LogP contribution in [0.2, 0.25) is 0 Å². The summed E-state index contributed by atoms with van der Waals surface area (Å²) >= 11 is 0. The smallest absolute Gasteiger partial charge is 0.264 e. The summed E-state index contributed by atoms with van der Waals surface area (Å²) in [6.07, 6.45) is -4.51. The zero-order valence-electron chi connectivity index (χ0n) is 35.7. The molecule has 0 bridgehead atoms. The molecule has 0 radical (unpaired) electrons. The second kappa shape index (κ2) is 8.38. The number of benzene rings is 2. The Balaban J connectivity index is 2.68. The van der Waals surface area contributed by atoms with Gasteiger partial charge in [0.15, 0.2) is 11.5 Å². The van der Waals surface area contributed by atoms with Crippen LogP contribution in [-0.4, -0.2) is 57.0 Å². The molecule has 1 heterocycles. The van der Waals surface area contributed by atoms with Gasteiger partial charge < -0.3 is 14.8 Å². The number of hydrogen-bond acceptors (Lipinski definition) is 7. The van der Waals surface area contributed by atoms with Crippen molar-refractivity contribution < 1.29 is 61.1 Å². The van der Waals surface area contributed by atoms with E-state index in [4.69, 9.17) is 27.4 Å². The minimum Gasteiger partial charge on any atom is -0.493 e. The van der Waals surface area contributed by atoms with Gasteiger partial charge in [-0.2, -0.15) is 0 Å². The van der Waals surface area contributed by atoms with Gasteiger partial charge in [-0.3, -0.25) is 19.3 Å². The van der Waals surface area contributed by atoms with Crippen LogP contribution in [0, 0.1) is 0 Å². The fraction of sp³-hybridized carbons (Fsp3) is 0.286. The number of ether oxygens (including phenoxy) is 2. The maximum Gasteiger partial charge on any atom is 0.264 e. The molecule has 3 rings (SSSR count). The standard InChI is InChI=1S/C21H22N2O7S/c1-12(24)22-15-7-5-6-14-19(15)21(26)23(20(14)25)16(11-31(4,27)28)13-8-9-17(29-2)18(10-13)30-3/h5-10,16H,11H2,1-4H3,(H,22,24)/i1D3,2D3,3D3,4D3,5D,6D,7D,8D,9D,10D,11D2,16D. The van der Waals surface area contributed by atoms with Crippen LogP contribution in [0.15, 0.2) is 36.3 Å². The van der Waals surface area contributed by atoms with Crippen molar-refractivity contribution in [3.63, 3.8) is 0 Å². The molecule has 1 N–H and O–H groups in total. The van der Waals surface area contributed by atoms with Gasteiger partial charge in [0, 0.05) is 24.0 Å². The van der Waals surface area contributed by atoms with E-state index in [-0.39, 0.29) is 0 Å². The van der Waals surface area contributed by atoms with E-state index in [9.17, 15) is 24.2 Å². The second-order valence-corrected chi connectivity index (χ2v) is 6.68. The number of anilines is 1. The first-order valence-electron chi connectivity index (χ1n) is 18.1. The topological polar surface area (TPSA) is 119 Å². The van der Waals surface area contributed by atoms with Crippen molar-refractivity contribution in [1.82, 2.24) is 4.90 Å². The lowest BCUT2D eigenvalue weighted by atomic mass is 10.1. The Labute approximate surface area is 209 Å². The average molecular weight is 468 g/mol. The van der Waals surface area contributed by atoms with Crippen molar-refractivity contribution in [3.8, 4) is 11.5 Å². The first kappa shape index (κ1) is 7.63. The number of rotatable bonds is 7. The number of carbonyl (C=O) groups is 3. The van der Waals surface area contributed by atoms with E-state index in [2.05, 4.69) is 9.47 Å². The van der Waals surface area contributed by atoms with Crippen molar-refractivity contribution >= 4 is 33.2 Å². The first-order chi connectivity index (χ1) is 23.0. The van der Waals surface area contributed by atoms with Gasteiger partial charge in [-0.05, 0) is 29.7 Å². The van der Waals surface area contributed by atoms with Gasteiger partial charge in [-0.25, -0.2) is 8.42 Å². The SMILES string of the molecule is [2H]c1c([2H])c(NC(=O)C([2H])([2H])[2H])c2c(c1[2H])C(=O)N(C([2H])(c1c([2H])c([2H])c(OC([2H])([2H])[2H])c(OC([2H])([2H])[2H])c1[2H])C([2H])([2H])S(=O)(=O)C([2H])([2H])[2H])C2=O. The van der Waals surface area contributed by atoms with Crippen LogP contribution >= 0.6 is 0 Å². The minimum atomic E-state index is -6.63. The largest absolute Gasteiger partial charge is 0.493 e. The summed E-state index contributed by atoms with van der Waals surface area (Å²) in [7, 11) is -14.0. The number of nitrogens with zero attached hydrogens (tertiary/aromatic N) is 1. The average Bonchev–Trinajstić information content (AvgIpc) is 3.21. The Kier molecular flexibility index (Phi) is 2.06. The number of sulfone groups is 1. The highest BCUT2D eigenvalue weighted by Gasteiger charge is 2.43. The van der Waals surface area contributed by atoms with Gasteiger partial charge in [0.25, 0.3) is 11.8 Å². The number of hydrogen-bond donors (Lipinski definition) is 1. The summed E-state index contributed by atoms with van der Waals surface area (Å²) in [6, 6.07) is -14.2. The van der Waals surface area contributed by atoms with Gasteiger partial charge in [0.05, 0.1) is 60.4 Å². The van der Waals surface area contributed by atoms with Crippen LogP contribution in [0.5, 0.6) is 11.5 Å². The molecule has 1 unspecified atom stereocenters. The maximum atomic E-state index is 14.2. The van der Waals surface area contributed by atoms with E-state index in [1.165, 1.54) is 0 Å². The van der Waals surface area contributed by atoms with E-state index >= 15 is 0 Å². The Morgan fingerprint density at radius 3 is 2.71 bits per heavy atom. The van der Waals surface area contributed by atoms with Crippen LogP contribution in [0.4, 0.5) is 5.69 Å². The monoisotopic (exact) mass is 467 g/mol. The van der Waals surface area contributed by atoms with Gasteiger partial charge in [-0.15, -0.1) is 0 Å². The van der Waals surface area contributed by atoms with E-state index in [0.29, 0.717) is 0 Å². The highest BCUT2D eigenvalue weighted by atomic mass is 32.2. The zero-order chi connectivity index (χ0) is 40.9. The minimum absolute atomic E-state index is 0.822. The van der Waals surface area contributed by atoms with Crippen molar-refractivity contribution in [3.05, 3.63) is 52.9 Å². The number of nitrogens with one attached hydrogen (secondary N) is 1. The summed E-state index contributed by atoms with van der Waals surface area (Å²) in [5.74, 6) is -9.70. The summed E-state index contributed by atoms with van der Waals surface area (Å²) in [5.41, 5.74) is -11.2. The molecule has 9 nitrogen and oxygen atoms in total. The fourth-order valence-corrected chi connectivity index (χ4v) is 2.93. The lowest BCUT2D eigenvalue weighted by molar-refractivity contribution is -0.114. The summed E-state index contributed by atoms with van der Waals surface area (Å²) < 4.78 is 201. The van der Waals surface area contributed by atoms with Gasteiger partial charge in [-0.1, -0.05) is 12.1 Å². The predicted octanol–water partition coefficient (Wildman–Crippen LogP) is 2.04. The molecule has 0 aromatic heterocycles. The van der Waals surface area contributed by atoms with Crippen molar-refractivity contribution in [2.75, 3.05) is 31.3 Å². The lowest BCUT2D eigenvalue weighted by Gasteiger charge is -2.26. The molecule has 1 aliphatic rings. The molecule has 0 saturated heterocycles. The zero-order valence-corrected chi connectivity index (χ0v) is 15.5. The molecular formula is C21H22N2O7S. The molecule has 31 heavy (non-hydrogen) atoms.